The van der Waals surface area contributed by atoms with Crippen molar-refractivity contribution in [1.82, 2.24) is 0 Å². The summed E-state index contributed by atoms with van der Waals surface area (Å²) in [6, 6.07) is 7.57. The van der Waals surface area contributed by atoms with Crippen molar-refractivity contribution in [2.45, 2.75) is 12.2 Å². The van der Waals surface area contributed by atoms with Crippen molar-refractivity contribution >= 4 is 31.8 Å². The van der Waals surface area contributed by atoms with Crippen molar-refractivity contribution in [3.05, 3.63) is 41.5 Å². The highest BCUT2D eigenvalue weighted by Crippen LogP contribution is 2.14. The third kappa shape index (κ3) is 4.94. The van der Waals surface area contributed by atoms with Gasteiger partial charge in [-0.05, 0) is 17.5 Å². The first-order valence-corrected chi connectivity index (χ1v) is 8.19. The number of alkyl halides is 1. The zero-order valence-corrected chi connectivity index (χ0v) is 11.6. The number of hydrogen-bond acceptors (Lipinski definition) is 2. The summed E-state index contributed by atoms with van der Waals surface area (Å²) in [6.45, 7) is 0. The van der Waals surface area contributed by atoms with Gasteiger partial charge in [0.2, 0.25) is 0 Å². The molecule has 0 amide bonds. The number of rotatable bonds is 5. The first-order chi connectivity index (χ1) is 7.53. The zero-order chi connectivity index (χ0) is 12.0. The summed E-state index contributed by atoms with van der Waals surface area (Å²) in [4.78, 5) is 0. The summed E-state index contributed by atoms with van der Waals surface area (Å²) in [6.07, 6.45) is 6.21. The van der Waals surface area contributed by atoms with Crippen LogP contribution in [0.25, 0.3) is 6.08 Å². The SMILES string of the molecule is CS(=O)(=O)Cc1ccccc1C=CCCBr. The van der Waals surface area contributed by atoms with Crippen LogP contribution < -0.4 is 0 Å². The van der Waals surface area contributed by atoms with Gasteiger partial charge in [-0.1, -0.05) is 52.3 Å². The van der Waals surface area contributed by atoms with Crippen molar-refractivity contribution in [3.8, 4) is 0 Å². The first-order valence-electron chi connectivity index (χ1n) is 5.01. The number of benzene rings is 1. The minimum absolute atomic E-state index is 0.0990. The average molecular weight is 303 g/mol. The van der Waals surface area contributed by atoms with Gasteiger partial charge in [0.1, 0.15) is 0 Å². The molecule has 1 rings (SSSR count). The fraction of sp³-hybridized carbons (Fsp3) is 0.333. The first kappa shape index (κ1) is 13.5. The van der Waals surface area contributed by atoms with Crippen molar-refractivity contribution in [3.63, 3.8) is 0 Å². The molecule has 16 heavy (non-hydrogen) atoms. The van der Waals surface area contributed by atoms with Crippen LogP contribution in [0.1, 0.15) is 17.5 Å². The Morgan fingerprint density at radius 3 is 2.62 bits per heavy atom. The van der Waals surface area contributed by atoms with E-state index in [0.29, 0.717) is 0 Å². The van der Waals surface area contributed by atoms with Gasteiger partial charge in [0.05, 0.1) is 5.75 Å². The van der Waals surface area contributed by atoms with Crippen LogP contribution in [0, 0.1) is 0 Å². The maximum absolute atomic E-state index is 11.3. The van der Waals surface area contributed by atoms with Crippen molar-refractivity contribution in [1.29, 1.82) is 0 Å². The van der Waals surface area contributed by atoms with E-state index in [1.54, 1.807) is 0 Å². The maximum Gasteiger partial charge on any atom is 0.151 e. The molecule has 88 valence electrons. The summed E-state index contributed by atoms with van der Waals surface area (Å²) in [5.41, 5.74) is 1.84. The molecule has 1 aromatic carbocycles. The summed E-state index contributed by atoms with van der Waals surface area (Å²) in [5.74, 6) is 0.0990. The van der Waals surface area contributed by atoms with E-state index < -0.39 is 9.84 Å². The Balaban J connectivity index is 2.92. The van der Waals surface area contributed by atoms with Gasteiger partial charge in [-0.15, -0.1) is 0 Å². The number of allylic oxidation sites excluding steroid dienone is 1. The van der Waals surface area contributed by atoms with Crippen molar-refractivity contribution in [2.24, 2.45) is 0 Å². The molecule has 0 aromatic heterocycles. The van der Waals surface area contributed by atoms with E-state index in [9.17, 15) is 8.42 Å². The van der Waals surface area contributed by atoms with Gasteiger partial charge in [-0.3, -0.25) is 0 Å². The molecule has 2 nitrogen and oxygen atoms in total. The molecule has 0 aliphatic carbocycles. The van der Waals surface area contributed by atoms with E-state index >= 15 is 0 Å². The van der Waals surface area contributed by atoms with Crippen LogP contribution in [0.5, 0.6) is 0 Å². The fourth-order valence-corrected chi connectivity index (χ4v) is 2.48. The van der Waals surface area contributed by atoms with E-state index in [2.05, 4.69) is 15.9 Å². The molecule has 0 saturated carbocycles. The van der Waals surface area contributed by atoms with Crippen molar-refractivity contribution < 1.29 is 8.42 Å². The molecule has 0 aliphatic heterocycles. The lowest BCUT2D eigenvalue weighted by atomic mass is 10.1. The molecule has 0 fully saturated rings. The van der Waals surface area contributed by atoms with Gasteiger partial charge in [0, 0.05) is 11.6 Å². The van der Waals surface area contributed by atoms with E-state index in [1.165, 1.54) is 6.26 Å². The minimum atomic E-state index is -2.97. The molecule has 0 radical (unpaired) electrons. The minimum Gasteiger partial charge on any atom is -0.229 e. The Morgan fingerprint density at radius 1 is 1.31 bits per heavy atom. The van der Waals surface area contributed by atoms with Crippen LogP contribution in [0.2, 0.25) is 0 Å². The zero-order valence-electron chi connectivity index (χ0n) is 9.19. The highest BCUT2D eigenvalue weighted by molar-refractivity contribution is 9.09. The Kier molecular flexibility index (Phi) is 5.22. The van der Waals surface area contributed by atoms with Crippen LogP contribution in [-0.2, 0) is 15.6 Å². The standard InChI is InChI=1S/C12H15BrO2S/c1-16(14,15)10-12-8-3-2-6-11(12)7-4-5-9-13/h2-4,6-8H,5,9-10H2,1H3. The second kappa shape index (κ2) is 6.21. The third-order valence-electron chi connectivity index (χ3n) is 2.05. The predicted octanol–water partition coefficient (Wildman–Crippen LogP) is 3.03. The summed E-state index contributed by atoms with van der Waals surface area (Å²) < 4.78 is 22.5. The van der Waals surface area contributed by atoms with Gasteiger partial charge in [0.15, 0.2) is 9.84 Å². The Labute approximate surface area is 105 Å². The number of sulfone groups is 1. The van der Waals surface area contributed by atoms with Crippen molar-refractivity contribution in [2.75, 3.05) is 11.6 Å². The molecular formula is C12H15BrO2S. The van der Waals surface area contributed by atoms with Gasteiger partial charge >= 0.3 is 0 Å². The molecular weight excluding hydrogens is 288 g/mol. The topological polar surface area (TPSA) is 34.1 Å². The molecule has 0 N–H and O–H groups in total. The Hall–Kier alpha value is -0.610. The van der Waals surface area contributed by atoms with E-state index in [0.717, 1.165) is 22.9 Å². The average Bonchev–Trinajstić information content (AvgIpc) is 2.19. The lowest BCUT2D eigenvalue weighted by Gasteiger charge is -2.04. The summed E-state index contributed by atoms with van der Waals surface area (Å²) in [5, 5.41) is 0.914. The predicted molar refractivity (Wildman–Crippen MR) is 72.4 cm³/mol. The second-order valence-electron chi connectivity index (χ2n) is 3.65. The van der Waals surface area contributed by atoms with Crippen LogP contribution >= 0.6 is 15.9 Å². The number of halogens is 1. The van der Waals surface area contributed by atoms with Gasteiger partial charge in [-0.25, -0.2) is 8.42 Å². The maximum atomic E-state index is 11.3. The molecule has 0 aliphatic rings. The highest BCUT2D eigenvalue weighted by Gasteiger charge is 2.06. The number of hydrogen-bond donors (Lipinski definition) is 0. The fourth-order valence-electron chi connectivity index (χ4n) is 1.38. The van der Waals surface area contributed by atoms with Crippen LogP contribution in [0.3, 0.4) is 0 Å². The molecule has 0 bridgehead atoms. The Morgan fingerprint density at radius 2 is 2.00 bits per heavy atom. The Bertz CT molecular complexity index is 464. The van der Waals surface area contributed by atoms with Crippen LogP contribution in [-0.4, -0.2) is 20.0 Å². The molecule has 0 spiro atoms. The molecule has 4 heteroatoms. The highest BCUT2D eigenvalue weighted by atomic mass is 79.9. The summed E-state index contributed by atoms with van der Waals surface area (Å²) >= 11 is 3.34. The quantitative estimate of drug-likeness (QED) is 0.784. The third-order valence-corrected chi connectivity index (χ3v) is 3.34. The van der Waals surface area contributed by atoms with Gasteiger partial charge in [0.25, 0.3) is 0 Å². The largest absolute Gasteiger partial charge is 0.229 e. The molecule has 0 heterocycles. The normalized spacial score (nSPS) is 12.1. The monoisotopic (exact) mass is 302 g/mol. The summed E-state index contributed by atoms with van der Waals surface area (Å²) in [7, 11) is -2.97. The molecule has 1 aromatic rings. The van der Waals surface area contributed by atoms with Gasteiger partial charge in [-0.2, -0.15) is 0 Å². The van der Waals surface area contributed by atoms with Crippen LogP contribution in [0.4, 0.5) is 0 Å². The molecule has 0 unspecified atom stereocenters. The lowest BCUT2D eigenvalue weighted by Crippen LogP contribution is -2.02. The van der Waals surface area contributed by atoms with Crippen LogP contribution in [0.15, 0.2) is 30.3 Å². The smallest absolute Gasteiger partial charge is 0.151 e. The van der Waals surface area contributed by atoms with Gasteiger partial charge < -0.3 is 0 Å². The van der Waals surface area contributed by atoms with E-state index in [4.69, 9.17) is 0 Å². The second-order valence-corrected chi connectivity index (χ2v) is 6.58. The lowest BCUT2D eigenvalue weighted by molar-refractivity contribution is 0.601. The van der Waals surface area contributed by atoms with E-state index in [-0.39, 0.29) is 5.75 Å². The molecule has 0 atom stereocenters. The molecule has 0 saturated heterocycles. The van der Waals surface area contributed by atoms with E-state index in [1.807, 2.05) is 36.4 Å².